The van der Waals surface area contributed by atoms with Gasteiger partial charge in [-0.1, -0.05) is 12.8 Å². The summed E-state index contributed by atoms with van der Waals surface area (Å²) in [6.07, 6.45) is 4.50. The average molecular weight is 661 g/mol. The highest BCUT2D eigenvalue weighted by atomic mass is 35.5. The Morgan fingerprint density at radius 2 is 1.41 bits per heavy atom. The molecule has 0 aliphatic carbocycles. The normalized spacial score (nSPS) is 17.6. The maximum absolute atomic E-state index is 11.9. The Balaban J connectivity index is 0.00000484. The molecule has 0 radical (unpaired) electrons. The lowest BCUT2D eigenvalue weighted by atomic mass is 9.85. The van der Waals surface area contributed by atoms with Crippen LogP contribution in [0.5, 0.6) is 28.7 Å². The lowest BCUT2D eigenvalue weighted by Gasteiger charge is -2.46. The van der Waals surface area contributed by atoms with Gasteiger partial charge in [0.1, 0.15) is 6.04 Å². The van der Waals surface area contributed by atoms with Gasteiger partial charge in [-0.2, -0.15) is 0 Å². The molecule has 0 saturated carbocycles. The number of halogens is 2. The van der Waals surface area contributed by atoms with E-state index in [9.17, 15) is 14.7 Å². The Morgan fingerprint density at radius 3 is 1.93 bits per heavy atom. The van der Waals surface area contributed by atoms with Crippen LogP contribution in [0.2, 0.25) is 0 Å². The number of nitrogens with zero attached hydrogens (tertiary/aromatic N) is 1. The molecule has 0 bridgehead atoms. The van der Waals surface area contributed by atoms with Crippen LogP contribution in [0, 0.1) is 5.92 Å². The summed E-state index contributed by atoms with van der Waals surface area (Å²) in [5.41, 5.74) is 3.25. The van der Waals surface area contributed by atoms with Gasteiger partial charge in [0.2, 0.25) is 5.75 Å². The van der Waals surface area contributed by atoms with Crippen molar-refractivity contribution in [2.24, 2.45) is 5.92 Å². The molecule has 248 valence electrons. The summed E-state index contributed by atoms with van der Waals surface area (Å²) in [4.78, 5) is 22.7. The van der Waals surface area contributed by atoms with Crippen molar-refractivity contribution in [2.45, 2.75) is 57.4 Å². The van der Waals surface area contributed by atoms with Gasteiger partial charge in [0.15, 0.2) is 23.0 Å². The summed E-state index contributed by atoms with van der Waals surface area (Å²) in [5.74, 6) is 0.515. The predicted molar refractivity (Wildman–Crippen MR) is 170 cm³/mol. The Morgan fingerprint density at radius 1 is 0.841 bits per heavy atom. The van der Waals surface area contributed by atoms with Gasteiger partial charge in [-0.3, -0.25) is 4.79 Å². The number of aliphatic carboxylic acids is 2. The fourth-order valence-corrected chi connectivity index (χ4v) is 6.21. The molecule has 1 aliphatic heterocycles. The van der Waals surface area contributed by atoms with Crippen molar-refractivity contribution in [3.8, 4) is 28.7 Å². The number of benzene rings is 2. The molecule has 44 heavy (non-hydrogen) atoms. The number of carbonyl (C=O) groups excluding carboxylic acids is 1. The van der Waals surface area contributed by atoms with E-state index in [1.807, 2.05) is 24.3 Å². The van der Waals surface area contributed by atoms with Crippen molar-refractivity contribution in [3.05, 3.63) is 41.0 Å². The summed E-state index contributed by atoms with van der Waals surface area (Å²) >= 11 is 0. The summed E-state index contributed by atoms with van der Waals surface area (Å²) < 4.78 is 28.9. The molecular formula is C32H47Cl2NO9. The van der Waals surface area contributed by atoms with Crippen molar-refractivity contribution >= 4 is 36.8 Å². The number of fused-ring (bicyclic) bond motifs is 1. The van der Waals surface area contributed by atoms with Gasteiger partial charge in [0.25, 0.3) is 0 Å². The summed E-state index contributed by atoms with van der Waals surface area (Å²) in [5, 5.41) is 20.8. The van der Waals surface area contributed by atoms with Crippen LogP contribution in [0.3, 0.4) is 0 Å². The van der Waals surface area contributed by atoms with E-state index in [1.54, 1.807) is 35.5 Å². The number of hydrogen-bond donors (Lipinski definition) is 1. The predicted octanol–water partition coefficient (Wildman–Crippen LogP) is 4.85. The number of ether oxygens (including phenoxy) is 5. The zero-order valence-corrected chi connectivity index (χ0v) is 28.1. The Hall–Kier alpha value is -3.08. The quantitative estimate of drug-likeness (QED) is 0.188. The smallest absolute Gasteiger partial charge is 0.303 e. The highest BCUT2D eigenvalue weighted by Crippen LogP contribution is 2.48. The molecule has 1 heterocycles. The lowest BCUT2D eigenvalue weighted by molar-refractivity contribution is -0.935. The van der Waals surface area contributed by atoms with Gasteiger partial charge in [-0.15, -0.1) is 24.8 Å². The molecule has 0 spiro atoms. The van der Waals surface area contributed by atoms with Crippen LogP contribution < -0.4 is 28.8 Å². The van der Waals surface area contributed by atoms with E-state index in [2.05, 4.69) is 7.05 Å². The van der Waals surface area contributed by atoms with Crippen LogP contribution in [0.1, 0.15) is 67.7 Å². The van der Waals surface area contributed by atoms with Crippen LogP contribution in [-0.2, 0) is 16.0 Å². The number of quaternary nitrogens is 1. The topological polar surface area (TPSA) is 124 Å². The fraction of sp³-hybridized carbons (Fsp3) is 0.562. The molecule has 3 rings (SSSR count). The third kappa shape index (κ3) is 9.22. The zero-order valence-electron chi connectivity index (χ0n) is 26.5. The van der Waals surface area contributed by atoms with Gasteiger partial charge >= 0.3 is 5.97 Å². The van der Waals surface area contributed by atoms with Crippen molar-refractivity contribution in [1.82, 2.24) is 0 Å². The van der Waals surface area contributed by atoms with Crippen molar-refractivity contribution in [2.75, 3.05) is 55.7 Å². The SMILES string of the molecule is COc1cc2c(cc1OC)[C@@H](c1cc(OC)c(OC)c(OC)c1)[N@@+](C)(CCCC(CCCCCC(=O)O)C(=O)[O-])CC2.Cl.Cl. The number of rotatable bonds is 17. The molecule has 0 amide bonds. The molecule has 0 fully saturated rings. The van der Waals surface area contributed by atoms with Gasteiger partial charge < -0.3 is 43.2 Å². The Kier molecular flexibility index (Phi) is 16.0. The van der Waals surface area contributed by atoms with Crippen molar-refractivity contribution < 1.29 is 48.0 Å². The largest absolute Gasteiger partial charge is 0.550 e. The Bertz CT molecular complexity index is 1220. The first-order valence-electron chi connectivity index (χ1n) is 14.4. The van der Waals surface area contributed by atoms with E-state index in [1.165, 1.54) is 0 Å². The van der Waals surface area contributed by atoms with Crippen molar-refractivity contribution in [1.29, 1.82) is 0 Å². The molecule has 12 heteroatoms. The van der Waals surface area contributed by atoms with Crippen LogP contribution in [0.15, 0.2) is 24.3 Å². The third-order valence-corrected chi connectivity index (χ3v) is 8.46. The first-order valence-corrected chi connectivity index (χ1v) is 14.4. The van der Waals surface area contributed by atoms with Crippen LogP contribution in [0.25, 0.3) is 0 Å². The second kappa shape index (κ2) is 18.0. The molecular weight excluding hydrogens is 613 g/mol. The highest BCUT2D eigenvalue weighted by molar-refractivity contribution is 5.85. The number of unbranched alkanes of at least 4 members (excludes halogenated alkanes) is 2. The standard InChI is InChI=1S/C32H45NO9.2ClH/c1-33(15-10-12-21(32(36)37)11-8-7-9-13-29(34)35)16-14-22-17-25(38-2)26(39-3)20-24(22)30(33)23-18-27(40-4)31(42-6)28(19-23)41-5;;/h17-21,30H,7-16H2,1-6H3,(H-,34,35,36,37);2*1H/t21?,30-,33+;;/m1../s1. The fourth-order valence-electron chi connectivity index (χ4n) is 6.21. The number of likely N-dealkylation sites (N-methyl/N-ethyl adjacent to an activating group) is 1. The molecule has 1 unspecified atom stereocenters. The molecule has 0 aromatic heterocycles. The van der Waals surface area contributed by atoms with E-state index in [-0.39, 0.29) is 37.3 Å². The van der Waals surface area contributed by atoms with Crippen molar-refractivity contribution in [3.63, 3.8) is 0 Å². The minimum atomic E-state index is -1.04. The van der Waals surface area contributed by atoms with Crippen LogP contribution in [0.4, 0.5) is 0 Å². The highest BCUT2D eigenvalue weighted by Gasteiger charge is 2.41. The average Bonchev–Trinajstić information content (AvgIpc) is 2.98. The van der Waals surface area contributed by atoms with E-state index in [4.69, 9.17) is 28.8 Å². The van der Waals surface area contributed by atoms with Gasteiger partial charge in [0.05, 0.1) is 55.7 Å². The van der Waals surface area contributed by atoms with Gasteiger partial charge in [-0.25, -0.2) is 0 Å². The third-order valence-electron chi connectivity index (χ3n) is 8.46. The van der Waals surface area contributed by atoms with Gasteiger partial charge in [-0.05, 0) is 61.4 Å². The molecule has 10 nitrogen and oxygen atoms in total. The lowest BCUT2D eigenvalue weighted by Crippen LogP contribution is -2.52. The summed E-state index contributed by atoms with van der Waals surface area (Å²) in [6, 6.07) is 7.92. The maximum atomic E-state index is 11.9. The molecule has 2 aromatic carbocycles. The number of hydrogen-bond acceptors (Lipinski definition) is 8. The summed E-state index contributed by atoms with van der Waals surface area (Å²) in [7, 11) is 10.2. The van der Waals surface area contributed by atoms with Crippen LogP contribution >= 0.6 is 24.8 Å². The van der Waals surface area contributed by atoms with E-state index in [0.29, 0.717) is 71.8 Å². The number of carboxylic acids is 2. The monoisotopic (exact) mass is 659 g/mol. The molecule has 1 N–H and O–H groups in total. The first kappa shape index (κ1) is 38.9. The zero-order chi connectivity index (χ0) is 30.9. The number of methoxy groups -OCH3 is 5. The minimum absolute atomic E-state index is 0. The van der Waals surface area contributed by atoms with E-state index < -0.39 is 17.9 Å². The summed E-state index contributed by atoms with van der Waals surface area (Å²) in [6.45, 7) is 1.56. The second-order valence-corrected chi connectivity index (χ2v) is 11.1. The minimum Gasteiger partial charge on any atom is -0.550 e. The molecule has 0 saturated heterocycles. The number of carbonyl (C=O) groups is 2. The van der Waals surface area contributed by atoms with E-state index >= 15 is 0 Å². The number of carboxylic acid groups (broad SMARTS) is 2. The Labute approximate surface area is 273 Å². The first-order chi connectivity index (χ1) is 20.1. The molecule has 3 atom stereocenters. The second-order valence-electron chi connectivity index (χ2n) is 11.1. The molecule has 1 aliphatic rings. The van der Waals surface area contributed by atoms with E-state index in [0.717, 1.165) is 36.2 Å². The molecule has 2 aromatic rings. The maximum Gasteiger partial charge on any atom is 0.303 e. The van der Waals surface area contributed by atoms with Crippen LogP contribution in [-0.4, -0.2) is 77.2 Å². The van der Waals surface area contributed by atoms with Gasteiger partial charge in [0, 0.05) is 29.9 Å².